The van der Waals surface area contributed by atoms with E-state index in [1.165, 1.54) is 18.6 Å². The summed E-state index contributed by atoms with van der Waals surface area (Å²) in [6, 6.07) is 8.72. The maximum absolute atomic E-state index is 12.7. The first-order valence-corrected chi connectivity index (χ1v) is 12.8. The summed E-state index contributed by atoms with van der Waals surface area (Å²) >= 11 is 2.04. The Hall–Kier alpha value is -0.520. The Bertz CT molecular complexity index is 732. The first-order valence-electron chi connectivity index (χ1n) is 10.3. The number of hydrogen-bond acceptors (Lipinski definition) is 4. The molecular formula is C20H33IN4O2S2. The zero-order valence-corrected chi connectivity index (χ0v) is 21.0. The van der Waals surface area contributed by atoms with Gasteiger partial charge in [-0.3, -0.25) is 4.99 Å². The SMILES string of the molecule is CCNC(=NCC1CCN(S(=O)(=O)c2ccccc2)CC1)NCC1CCCS1.I. The highest BCUT2D eigenvalue weighted by Crippen LogP contribution is 2.25. The molecular weight excluding hydrogens is 519 g/mol. The van der Waals surface area contributed by atoms with E-state index in [0.29, 0.717) is 29.2 Å². The first kappa shape index (κ1) is 24.7. The summed E-state index contributed by atoms with van der Waals surface area (Å²) in [5.74, 6) is 2.58. The molecule has 2 aliphatic heterocycles. The first-order chi connectivity index (χ1) is 13.6. The van der Waals surface area contributed by atoms with E-state index in [0.717, 1.165) is 38.4 Å². The van der Waals surface area contributed by atoms with Gasteiger partial charge in [0, 0.05) is 38.0 Å². The second kappa shape index (κ2) is 12.4. The molecule has 0 radical (unpaired) electrons. The van der Waals surface area contributed by atoms with Crippen LogP contribution in [0.25, 0.3) is 0 Å². The van der Waals surface area contributed by atoms with E-state index in [4.69, 9.17) is 4.99 Å². The van der Waals surface area contributed by atoms with Crippen LogP contribution in [0, 0.1) is 5.92 Å². The number of piperidine rings is 1. The quantitative estimate of drug-likeness (QED) is 0.309. The molecule has 2 aliphatic rings. The fourth-order valence-corrected chi connectivity index (χ4v) is 6.34. The van der Waals surface area contributed by atoms with E-state index < -0.39 is 10.0 Å². The van der Waals surface area contributed by atoms with E-state index in [-0.39, 0.29) is 24.0 Å². The monoisotopic (exact) mass is 552 g/mol. The highest BCUT2D eigenvalue weighted by atomic mass is 127. The molecule has 3 rings (SSSR count). The van der Waals surface area contributed by atoms with Gasteiger partial charge in [-0.1, -0.05) is 18.2 Å². The molecule has 2 saturated heterocycles. The van der Waals surface area contributed by atoms with Gasteiger partial charge in [0.15, 0.2) is 5.96 Å². The van der Waals surface area contributed by atoms with Crippen molar-refractivity contribution in [3.63, 3.8) is 0 Å². The average molecular weight is 553 g/mol. The summed E-state index contributed by atoms with van der Waals surface area (Å²) in [7, 11) is -3.37. The molecule has 9 heteroatoms. The molecule has 6 nitrogen and oxygen atoms in total. The smallest absolute Gasteiger partial charge is 0.243 e. The lowest BCUT2D eigenvalue weighted by atomic mass is 9.98. The Kier molecular flexibility index (Phi) is 10.5. The Morgan fingerprint density at radius 1 is 1.17 bits per heavy atom. The maximum Gasteiger partial charge on any atom is 0.243 e. The molecule has 1 atom stereocenters. The number of hydrogen-bond donors (Lipinski definition) is 2. The van der Waals surface area contributed by atoms with Crippen LogP contribution in [-0.2, 0) is 10.0 Å². The predicted octanol–water partition coefficient (Wildman–Crippen LogP) is 3.16. The number of benzene rings is 1. The summed E-state index contributed by atoms with van der Waals surface area (Å²) in [5, 5.41) is 7.48. The van der Waals surface area contributed by atoms with Gasteiger partial charge in [-0.05, 0) is 56.4 Å². The number of guanidine groups is 1. The Morgan fingerprint density at radius 2 is 1.90 bits per heavy atom. The zero-order chi connectivity index (χ0) is 19.8. The van der Waals surface area contributed by atoms with Crippen molar-refractivity contribution in [3.05, 3.63) is 30.3 Å². The molecule has 164 valence electrons. The van der Waals surface area contributed by atoms with Crippen LogP contribution in [0.3, 0.4) is 0 Å². The van der Waals surface area contributed by atoms with Crippen LogP contribution in [0.4, 0.5) is 0 Å². The molecule has 2 fully saturated rings. The lowest BCUT2D eigenvalue weighted by Crippen LogP contribution is -2.41. The van der Waals surface area contributed by atoms with Gasteiger partial charge >= 0.3 is 0 Å². The Labute approximate surface area is 196 Å². The van der Waals surface area contributed by atoms with Crippen molar-refractivity contribution in [1.29, 1.82) is 0 Å². The van der Waals surface area contributed by atoms with Crippen molar-refractivity contribution in [2.45, 2.75) is 42.8 Å². The molecule has 2 heterocycles. The van der Waals surface area contributed by atoms with Gasteiger partial charge in [-0.25, -0.2) is 8.42 Å². The molecule has 29 heavy (non-hydrogen) atoms. The molecule has 1 aromatic carbocycles. The number of thioether (sulfide) groups is 1. The normalized spacial score (nSPS) is 21.6. The van der Waals surface area contributed by atoms with Crippen molar-refractivity contribution in [1.82, 2.24) is 14.9 Å². The molecule has 0 aliphatic carbocycles. The third-order valence-electron chi connectivity index (χ3n) is 5.33. The minimum Gasteiger partial charge on any atom is -0.357 e. The number of nitrogens with one attached hydrogen (secondary N) is 2. The van der Waals surface area contributed by atoms with Crippen molar-refractivity contribution in [2.75, 3.05) is 38.5 Å². The fourth-order valence-electron chi connectivity index (χ4n) is 3.65. The predicted molar refractivity (Wildman–Crippen MR) is 133 cm³/mol. The lowest BCUT2D eigenvalue weighted by Gasteiger charge is -2.30. The van der Waals surface area contributed by atoms with Crippen molar-refractivity contribution >= 4 is 51.7 Å². The van der Waals surface area contributed by atoms with Gasteiger partial charge in [0.05, 0.1) is 4.90 Å². The van der Waals surface area contributed by atoms with Crippen molar-refractivity contribution in [2.24, 2.45) is 10.9 Å². The second-order valence-electron chi connectivity index (χ2n) is 7.40. The zero-order valence-electron chi connectivity index (χ0n) is 17.0. The minimum atomic E-state index is -3.37. The standard InChI is InChI=1S/C20H32N4O2S2.HI/c1-2-21-20(23-16-18-7-6-14-27-18)22-15-17-10-12-24(13-11-17)28(25,26)19-8-4-3-5-9-19;/h3-5,8-9,17-18H,2,6-7,10-16H2,1H3,(H2,21,22,23);1H. The lowest BCUT2D eigenvalue weighted by molar-refractivity contribution is 0.278. The summed E-state index contributed by atoms with van der Waals surface area (Å²) in [5.41, 5.74) is 0. The third-order valence-corrected chi connectivity index (χ3v) is 8.64. The van der Waals surface area contributed by atoms with E-state index in [2.05, 4.69) is 17.6 Å². The molecule has 0 bridgehead atoms. The number of rotatable bonds is 7. The third kappa shape index (κ3) is 7.29. The molecule has 1 unspecified atom stereocenters. The van der Waals surface area contributed by atoms with Crippen LogP contribution < -0.4 is 10.6 Å². The summed E-state index contributed by atoms with van der Waals surface area (Å²) in [6.07, 6.45) is 4.31. The summed E-state index contributed by atoms with van der Waals surface area (Å²) < 4.78 is 27.1. The molecule has 0 amide bonds. The van der Waals surface area contributed by atoms with Crippen LogP contribution in [0.15, 0.2) is 40.2 Å². The minimum absolute atomic E-state index is 0. The van der Waals surface area contributed by atoms with Gasteiger partial charge in [0.1, 0.15) is 0 Å². The van der Waals surface area contributed by atoms with Crippen molar-refractivity contribution < 1.29 is 8.42 Å². The maximum atomic E-state index is 12.7. The van der Waals surface area contributed by atoms with Crippen LogP contribution >= 0.6 is 35.7 Å². The van der Waals surface area contributed by atoms with Crippen LogP contribution in [-0.4, -0.2) is 62.4 Å². The van der Waals surface area contributed by atoms with Crippen LogP contribution in [0.1, 0.15) is 32.6 Å². The highest BCUT2D eigenvalue weighted by molar-refractivity contribution is 14.0. The molecule has 0 saturated carbocycles. The van der Waals surface area contributed by atoms with Gasteiger partial charge < -0.3 is 10.6 Å². The number of nitrogens with zero attached hydrogens (tertiary/aromatic N) is 2. The molecule has 1 aromatic rings. The van der Waals surface area contributed by atoms with Gasteiger partial charge in [0.25, 0.3) is 0 Å². The topological polar surface area (TPSA) is 73.8 Å². The molecule has 2 N–H and O–H groups in total. The largest absolute Gasteiger partial charge is 0.357 e. The van der Waals surface area contributed by atoms with E-state index >= 15 is 0 Å². The van der Waals surface area contributed by atoms with Gasteiger partial charge in [-0.15, -0.1) is 24.0 Å². The highest BCUT2D eigenvalue weighted by Gasteiger charge is 2.29. The Balaban J connectivity index is 0.00000300. The number of sulfonamides is 1. The molecule has 0 aromatic heterocycles. The van der Waals surface area contributed by atoms with Crippen LogP contribution in [0.2, 0.25) is 0 Å². The second-order valence-corrected chi connectivity index (χ2v) is 10.7. The Morgan fingerprint density at radius 3 is 2.52 bits per heavy atom. The average Bonchev–Trinajstić information content (AvgIpc) is 3.25. The van der Waals surface area contributed by atoms with Gasteiger partial charge in [0.2, 0.25) is 10.0 Å². The summed E-state index contributed by atoms with van der Waals surface area (Å²) in [4.78, 5) is 5.14. The van der Waals surface area contributed by atoms with E-state index in [1.807, 2.05) is 17.8 Å². The fraction of sp³-hybridized carbons (Fsp3) is 0.650. The van der Waals surface area contributed by atoms with E-state index in [1.54, 1.807) is 28.6 Å². The van der Waals surface area contributed by atoms with E-state index in [9.17, 15) is 8.42 Å². The van der Waals surface area contributed by atoms with Gasteiger partial charge in [-0.2, -0.15) is 16.1 Å². The summed E-state index contributed by atoms with van der Waals surface area (Å²) in [6.45, 7) is 5.77. The van der Waals surface area contributed by atoms with Crippen molar-refractivity contribution in [3.8, 4) is 0 Å². The van der Waals surface area contributed by atoms with Crippen LogP contribution in [0.5, 0.6) is 0 Å². The molecule has 0 spiro atoms. The number of aliphatic imine (C=N–C) groups is 1. The number of halogens is 1.